The molecule has 0 radical (unpaired) electrons. The van der Waals surface area contributed by atoms with E-state index in [4.69, 9.17) is 0 Å². The molecule has 1 fully saturated rings. The van der Waals surface area contributed by atoms with Crippen LogP contribution >= 0.6 is 11.3 Å². The predicted octanol–water partition coefficient (Wildman–Crippen LogP) is 2.59. The Morgan fingerprint density at radius 2 is 1.77 bits per heavy atom. The minimum atomic E-state index is -0.0516. The lowest BCUT2D eigenvalue weighted by Gasteiger charge is -2.34. The quantitative estimate of drug-likeness (QED) is 0.773. The van der Waals surface area contributed by atoms with E-state index < -0.39 is 0 Å². The summed E-state index contributed by atoms with van der Waals surface area (Å²) in [4.78, 5) is 32.5. The van der Waals surface area contributed by atoms with E-state index >= 15 is 0 Å². The molecule has 7 heteroatoms. The zero-order valence-corrected chi connectivity index (χ0v) is 18.2. The van der Waals surface area contributed by atoms with Crippen LogP contribution in [0.2, 0.25) is 0 Å². The van der Waals surface area contributed by atoms with Crippen molar-refractivity contribution in [2.24, 2.45) is 0 Å². The second kappa shape index (κ2) is 10.1. The molecule has 2 aromatic rings. The Morgan fingerprint density at radius 1 is 0.967 bits per heavy atom. The summed E-state index contributed by atoms with van der Waals surface area (Å²) in [7, 11) is 0. The van der Waals surface area contributed by atoms with Gasteiger partial charge in [-0.1, -0.05) is 30.3 Å². The first-order valence-corrected chi connectivity index (χ1v) is 11.7. The van der Waals surface area contributed by atoms with Crippen molar-refractivity contribution in [1.29, 1.82) is 0 Å². The van der Waals surface area contributed by atoms with Gasteiger partial charge in [0.2, 0.25) is 5.91 Å². The van der Waals surface area contributed by atoms with Crippen LogP contribution < -0.4 is 5.32 Å². The standard InChI is InChI=1S/C23H30N4O2S/c28-22(27-12-8-21-20(18-27)9-17-30-21)6-10-24-23(29)26-15-13-25(14-16-26)11-7-19-4-2-1-3-5-19/h1-5,9,17H,6-8,10-16,18H2,(H,24,29). The lowest BCUT2D eigenvalue weighted by atomic mass is 10.1. The van der Waals surface area contributed by atoms with Crippen LogP contribution in [0.15, 0.2) is 41.8 Å². The number of rotatable bonds is 6. The summed E-state index contributed by atoms with van der Waals surface area (Å²) >= 11 is 1.77. The summed E-state index contributed by atoms with van der Waals surface area (Å²) in [6.45, 7) is 6.19. The summed E-state index contributed by atoms with van der Waals surface area (Å²) in [6.07, 6.45) is 2.35. The van der Waals surface area contributed by atoms with Crippen molar-refractivity contribution < 1.29 is 9.59 Å². The SMILES string of the molecule is O=C(CCNC(=O)N1CCN(CCc2ccccc2)CC1)N1CCc2sccc2C1. The molecule has 0 spiro atoms. The van der Waals surface area contributed by atoms with E-state index in [2.05, 4.69) is 45.9 Å². The van der Waals surface area contributed by atoms with E-state index in [0.29, 0.717) is 19.5 Å². The second-order valence-corrected chi connectivity index (χ2v) is 8.98. The molecular weight excluding hydrogens is 396 g/mol. The van der Waals surface area contributed by atoms with Gasteiger partial charge < -0.3 is 15.1 Å². The fourth-order valence-electron chi connectivity index (χ4n) is 4.11. The average Bonchev–Trinajstić information content (AvgIpc) is 3.26. The summed E-state index contributed by atoms with van der Waals surface area (Å²) in [5.41, 5.74) is 2.63. The summed E-state index contributed by atoms with van der Waals surface area (Å²) in [6, 6.07) is 12.6. The van der Waals surface area contributed by atoms with Gasteiger partial charge in [0.1, 0.15) is 0 Å². The number of hydrogen-bond acceptors (Lipinski definition) is 4. The maximum atomic E-state index is 12.5. The molecule has 0 atom stereocenters. The molecule has 2 aliphatic heterocycles. The molecule has 1 saturated heterocycles. The first-order chi connectivity index (χ1) is 14.7. The van der Waals surface area contributed by atoms with Crippen LogP contribution in [0.25, 0.3) is 0 Å². The van der Waals surface area contributed by atoms with E-state index in [-0.39, 0.29) is 11.9 Å². The van der Waals surface area contributed by atoms with Crippen LogP contribution in [0, 0.1) is 0 Å². The number of urea groups is 1. The van der Waals surface area contributed by atoms with Crippen LogP contribution in [-0.2, 0) is 24.2 Å². The zero-order chi connectivity index (χ0) is 20.8. The van der Waals surface area contributed by atoms with Crippen molar-refractivity contribution in [2.45, 2.75) is 25.8 Å². The minimum absolute atomic E-state index is 0.0516. The van der Waals surface area contributed by atoms with Gasteiger partial charge in [0, 0.05) is 63.7 Å². The summed E-state index contributed by atoms with van der Waals surface area (Å²) in [5, 5.41) is 5.03. The fraction of sp³-hybridized carbons (Fsp3) is 0.478. The van der Waals surface area contributed by atoms with Crippen molar-refractivity contribution in [3.63, 3.8) is 0 Å². The lowest BCUT2D eigenvalue weighted by molar-refractivity contribution is -0.131. The third-order valence-corrected chi connectivity index (χ3v) is 7.02. The van der Waals surface area contributed by atoms with Crippen LogP contribution in [0.5, 0.6) is 0 Å². The zero-order valence-electron chi connectivity index (χ0n) is 17.4. The number of fused-ring (bicyclic) bond motifs is 1. The Balaban J connectivity index is 1.12. The number of thiophene rings is 1. The maximum Gasteiger partial charge on any atom is 0.317 e. The first kappa shape index (κ1) is 20.9. The van der Waals surface area contributed by atoms with Crippen LogP contribution in [0.4, 0.5) is 4.79 Å². The van der Waals surface area contributed by atoms with Crippen LogP contribution in [0.1, 0.15) is 22.4 Å². The van der Waals surface area contributed by atoms with Gasteiger partial charge in [-0.2, -0.15) is 0 Å². The molecule has 3 amide bonds. The molecule has 1 aromatic heterocycles. The highest BCUT2D eigenvalue weighted by Gasteiger charge is 2.23. The molecule has 1 N–H and O–H groups in total. The van der Waals surface area contributed by atoms with Gasteiger partial charge in [-0.05, 0) is 35.4 Å². The Morgan fingerprint density at radius 3 is 2.57 bits per heavy atom. The number of carbonyl (C=O) groups is 2. The van der Waals surface area contributed by atoms with Crippen molar-refractivity contribution >= 4 is 23.3 Å². The molecule has 160 valence electrons. The Kier molecular flexibility index (Phi) is 7.02. The largest absolute Gasteiger partial charge is 0.338 e. The molecule has 3 heterocycles. The molecule has 6 nitrogen and oxygen atoms in total. The van der Waals surface area contributed by atoms with Gasteiger partial charge in [-0.15, -0.1) is 11.3 Å². The maximum absolute atomic E-state index is 12.5. The van der Waals surface area contributed by atoms with Gasteiger partial charge >= 0.3 is 6.03 Å². The average molecular weight is 427 g/mol. The molecule has 0 saturated carbocycles. The highest BCUT2D eigenvalue weighted by atomic mass is 32.1. The fourth-order valence-corrected chi connectivity index (χ4v) is 5.00. The third-order valence-electron chi connectivity index (χ3n) is 5.99. The highest BCUT2D eigenvalue weighted by molar-refractivity contribution is 7.10. The van der Waals surface area contributed by atoms with E-state index in [1.54, 1.807) is 11.3 Å². The van der Waals surface area contributed by atoms with Crippen molar-refractivity contribution in [2.75, 3.05) is 45.8 Å². The molecule has 0 bridgehead atoms. The number of benzene rings is 1. The van der Waals surface area contributed by atoms with Crippen molar-refractivity contribution in [1.82, 2.24) is 20.0 Å². The van der Waals surface area contributed by atoms with E-state index in [9.17, 15) is 9.59 Å². The normalized spacial score (nSPS) is 16.9. The Bertz CT molecular complexity index is 846. The number of piperazine rings is 1. The third kappa shape index (κ3) is 5.40. The molecular formula is C23H30N4O2S. The number of nitrogens with one attached hydrogen (secondary N) is 1. The number of carbonyl (C=O) groups excluding carboxylic acids is 2. The minimum Gasteiger partial charge on any atom is -0.338 e. The van der Waals surface area contributed by atoms with Gasteiger partial charge in [-0.3, -0.25) is 9.69 Å². The molecule has 1 aromatic carbocycles. The molecule has 0 aliphatic carbocycles. The van der Waals surface area contributed by atoms with Crippen molar-refractivity contribution in [3.05, 3.63) is 57.8 Å². The van der Waals surface area contributed by atoms with Gasteiger partial charge in [0.05, 0.1) is 0 Å². The Hall–Kier alpha value is -2.38. The monoisotopic (exact) mass is 426 g/mol. The number of amides is 3. The number of nitrogens with zero attached hydrogens (tertiary/aromatic N) is 3. The van der Waals surface area contributed by atoms with Gasteiger partial charge in [0.25, 0.3) is 0 Å². The van der Waals surface area contributed by atoms with Crippen LogP contribution in [0.3, 0.4) is 0 Å². The van der Waals surface area contributed by atoms with E-state index in [0.717, 1.165) is 52.1 Å². The van der Waals surface area contributed by atoms with Gasteiger partial charge in [-0.25, -0.2) is 4.79 Å². The molecule has 0 unspecified atom stereocenters. The van der Waals surface area contributed by atoms with Gasteiger partial charge in [0.15, 0.2) is 0 Å². The van der Waals surface area contributed by atoms with Crippen molar-refractivity contribution in [3.8, 4) is 0 Å². The van der Waals surface area contributed by atoms with Crippen LogP contribution in [-0.4, -0.2) is 72.5 Å². The second-order valence-electron chi connectivity index (χ2n) is 7.98. The smallest absolute Gasteiger partial charge is 0.317 e. The summed E-state index contributed by atoms with van der Waals surface area (Å²) < 4.78 is 0. The lowest BCUT2D eigenvalue weighted by Crippen LogP contribution is -2.52. The summed E-state index contributed by atoms with van der Waals surface area (Å²) in [5.74, 6) is 0.123. The van der Waals surface area contributed by atoms with E-state index in [1.165, 1.54) is 16.0 Å². The predicted molar refractivity (Wildman–Crippen MR) is 120 cm³/mol. The molecule has 30 heavy (non-hydrogen) atoms. The molecule has 2 aliphatic rings. The first-order valence-electron chi connectivity index (χ1n) is 10.8. The Labute approximate surface area is 182 Å². The highest BCUT2D eigenvalue weighted by Crippen LogP contribution is 2.24. The topological polar surface area (TPSA) is 55.9 Å². The van der Waals surface area contributed by atoms with E-state index in [1.807, 2.05) is 15.9 Å². The number of hydrogen-bond donors (Lipinski definition) is 1. The molecule has 4 rings (SSSR count).